The number of pyridine rings is 2. The number of hydrogen-bond donors (Lipinski definition) is 4. The second kappa shape index (κ2) is 20.6. The number of hydrogen-bond acceptors (Lipinski definition) is 8. The van der Waals surface area contributed by atoms with Gasteiger partial charge in [-0.3, -0.25) is 19.2 Å². The molecule has 320 valence electrons. The molecule has 0 aliphatic carbocycles. The Hall–Kier alpha value is -7.62. The van der Waals surface area contributed by atoms with Crippen LogP contribution in [0.5, 0.6) is 11.5 Å². The third-order valence-corrected chi connectivity index (χ3v) is 9.34. The molecule has 62 heavy (non-hydrogen) atoms. The molecule has 2 atom stereocenters. The van der Waals surface area contributed by atoms with Crippen molar-refractivity contribution >= 4 is 23.8 Å². The van der Waals surface area contributed by atoms with Crippen molar-refractivity contribution in [2.45, 2.75) is 38.8 Å². The highest BCUT2D eigenvalue weighted by Crippen LogP contribution is 2.33. The predicted molar refractivity (Wildman–Crippen MR) is 220 cm³/mol. The third-order valence-electron chi connectivity index (χ3n) is 9.34. The molecule has 12 nitrogen and oxygen atoms in total. The molecule has 6 aromatic rings. The summed E-state index contributed by atoms with van der Waals surface area (Å²) in [5.41, 5.74) is 2.61. The minimum absolute atomic E-state index is 0.0442. The van der Waals surface area contributed by atoms with Crippen molar-refractivity contribution in [3.8, 4) is 34.0 Å². The van der Waals surface area contributed by atoms with Crippen LogP contribution in [0.15, 0.2) is 109 Å². The standard InChI is InChI=1S/2C23H20F2N2O4/c1-13-3-5-14(6-4-13)19(12-21(28)29)27-23(30)18-9-10-20(31-2)22(26-18)16-11-15(24)7-8-17(16)25;1-13-6-8-14(9-7-13)18(12-20(28)29)27-23(30)17-10-11-19(31-2)22(26-17)15-4-3-5-16(24)21(15)25/h3-11,19H,12H2,1-2H3,(H,27,30)(H,28,29);3-11,18H,12H2,1-2H3,(H,27,30)(H,28,29)/t19-;18-/m00/s1. The molecular weight excluding hydrogens is 813 g/mol. The zero-order valence-corrected chi connectivity index (χ0v) is 33.7. The van der Waals surface area contributed by atoms with E-state index in [1.54, 1.807) is 24.3 Å². The van der Waals surface area contributed by atoms with Crippen LogP contribution in [0.4, 0.5) is 17.6 Å². The van der Waals surface area contributed by atoms with Gasteiger partial charge in [0.1, 0.15) is 45.9 Å². The number of nitrogens with zero attached hydrogens (tertiary/aromatic N) is 2. The second-order valence-corrected chi connectivity index (χ2v) is 13.8. The number of carboxylic acid groups (broad SMARTS) is 2. The summed E-state index contributed by atoms with van der Waals surface area (Å²) in [7, 11) is 2.69. The maximum Gasteiger partial charge on any atom is 0.305 e. The number of rotatable bonds is 14. The first-order valence-electron chi connectivity index (χ1n) is 18.8. The van der Waals surface area contributed by atoms with Gasteiger partial charge >= 0.3 is 11.9 Å². The number of aryl methyl sites for hydroxylation is 2. The molecule has 6 rings (SSSR count). The maximum absolute atomic E-state index is 14.3. The highest BCUT2D eigenvalue weighted by atomic mass is 19.2. The van der Waals surface area contributed by atoms with Crippen molar-refractivity contribution in [3.63, 3.8) is 0 Å². The van der Waals surface area contributed by atoms with Crippen molar-refractivity contribution in [2.75, 3.05) is 14.2 Å². The minimum atomic E-state index is -1.12. The van der Waals surface area contributed by atoms with Crippen molar-refractivity contribution in [2.24, 2.45) is 0 Å². The molecule has 16 heteroatoms. The highest BCUT2D eigenvalue weighted by Gasteiger charge is 2.24. The number of halogens is 4. The van der Waals surface area contributed by atoms with E-state index in [2.05, 4.69) is 20.6 Å². The number of ether oxygens (including phenoxy) is 2. The monoisotopic (exact) mass is 852 g/mol. The van der Waals surface area contributed by atoms with E-state index in [-0.39, 0.29) is 58.2 Å². The summed E-state index contributed by atoms with van der Waals surface area (Å²) in [6.45, 7) is 3.78. The van der Waals surface area contributed by atoms with Crippen LogP contribution in [0.2, 0.25) is 0 Å². The van der Waals surface area contributed by atoms with E-state index in [0.29, 0.717) is 11.1 Å². The van der Waals surface area contributed by atoms with E-state index < -0.39 is 59.1 Å². The molecule has 0 aliphatic heterocycles. The predicted octanol–water partition coefficient (Wildman–Crippen LogP) is 8.58. The van der Waals surface area contributed by atoms with Crippen LogP contribution in [0.25, 0.3) is 22.5 Å². The van der Waals surface area contributed by atoms with Gasteiger partial charge in [0, 0.05) is 11.1 Å². The lowest BCUT2D eigenvalue weighted by atomic mass is 10.0. The van der Waals surface area contributed by atoms with Crippen LogP contribution in [-0.2, 0) is 9.59 Å². The van der Waals surface area contributed by atoms with Crippen LogP contribution in [-0.4, -0.2) is 58.2 Å². The molecule has 4 N–H and O–H groups in total. The Morgan fingerprint density at radius 1 is 0.581 bits per heavy atom. The molecule has 0 bridgehead atoms. The molecule has 0 radical (unpaired) electrons. The Balaban J connectivity index is 0.000000234. The van der Waals surface area contributed by atoms with E-state index in [1.807, 2.05) is 38.1 Å². The molecule has 2 heterocycles. The molecule has 0 saturated heterocycles. The summed E-state index contributed by atoms with van der Waals surface area (Å²) in [5.74, 6) is -6.76. The Morgan fingerprint density at radius 3 is 1.47 bits per heavy atom. The number of aliphatic carboxylic acids is 2. The topological polar surface area (TPSA) is 177 Å². The zero-order valence-electron chi connectivity index (χ0n) is 33.7. The number of carboxylic acids is 2. The Labute approximate surface area is 353 Å². The first kappa shape index (κ1) is 45.5. The lowest BCUT2D eigenvalue weighted by Gasteiger charge is -2.18. The van der Waals surface area contributed by atoms with E-state index in [0.717, 1.165) is 35.4 Å². The fraction of sp³-hybridized carbons (Fsp3) is 0.174. The molecule has 4 aromatic carbocycles. The summed E-state index contributed by atoms with van der Waals surface area (Å²) in [4.78, 5) is 56.6. The quantitative estimate of drug-likeness (QED) is 0.0777. The average Bonchev–Trinajstić information content (AvgIpc) is 3.25. The van der Waals surface area contributed by atoms with Crippen LogP contribution in [0.1, 0.15) is 68.2 Å². The number of benzene rings is 4. The van der Waals surface area contributed by atoms with E-state index in [9.17, 15) is 47.0 Å². The molecule has 0 unspecified atom stereocenters. The van der Waals surface area contributed by atoms with Gasteiger partial charge in [-0.2, -0.15) is 0 Å². The minimum Gasteiger partial charge on any atom is -0.494 e. The molecule has 2 aromatic heterocycles. The van der Waals surface area contributed by atoms with E-state index in [4.69, 9.17) is 9.47 Å². The Kier molecular flexibility index (Phi) is 15.1. The molecule has 0 fully saturated rings. The second-order valence-electron chi connectivity index (χ2n) is 13.8. The molecule has 0 spiro atoms. The number of amides is 2. The summed E-state index contributed by atoms with van der Waals surface area (Å²) >= 11 is 0. The lowest BCUT2D eigenvalue weighted by Crippen LogP contribution is -2.31. The maximum atomic E-state index is 14.3. The lowest BCUT2D eigenvalue weighted by molar-refractivity contribution is -0.138. The number of methoxy groups -OCH3 is 2. The van der Waals surface area contributed by atoms with Crippen molar-refractivity contribution in [3.05, 3.63) is 166 Å². The third kappa shape index (κ3) is 11.6. The van der Waals surface area contributed by atoms with Crippen molar-refractivity contribution in [1.82, 2.24) is 20.6 Å². The summed E-state index contributed by atoms with van der Waals surface area (Å²) < 4.78 is 66.3. The smallest absolute Gasteiger partial charge is 0.305 e. The van der Waals surface area contributed by atoms with Gasteiger partial charge in [0.25, 0.3) is 11.8 Å². The first-order chi connectivity index (χ1) is 29.6. The van der Waals surface area contributed by atoms with E-state index >= 15 is 0 Å². The molecular formula is C46H40F4N4O8. The first-order valence-corrected chi connectivity index (χ1v) is 18.8. The number of aromatic nitrogens is 2. The van der Waals surface area contributed by atoms with Gasteiger partial charge in [-0.15, -0.1) is 0 Å². The van der Waals surface area contributed by atoms with Crippen LogP contribution < -0.4 is 20.1 Å². The van der Waals surface area contributed by atoms with Gasteiger partial charge in [-0.1, -0.05) is 65.7 Å². The van der Waals surface area contributed by atoms with Crippen molar-refractivity contribution in [1.29, 1.82) is 0 Å². The van der Waals surface area contributed by atoms with Gasteiger partial charge in [-0.05, 0) is 79.6 Å². The van der Waals surface area contributed by atoms with Crippen LogP contribution in [0.3, 0.4) is 0 Å². The highest BCUT2D eigenvalue weighted by molar-refractivity contribution is 5.94. The number of nitrogens with one attached hydrogen (secondary N) is 2. The molecule has 0 saturated carbocycles. The fourth-order valence-corrected chi connectivity index (χ4v) is 6.14. The fourth-order valence-electron chi connectivity index (χ4n) is 6.14. The number of carbonyl (C=O) groups is 4. The van der Waals surface area contributed by atoms with Gasteiger partial charge in [-0.25, -0.2) is 27.5 Å². The van der Waals surface area contributed by atoms with Crippen LogP contribution in [0, 0.1) is 37.1 Å². The van der Waals surface area contributed by atoms with Crippen LogP contribution >= 0.6 is 0 Å². The summed E-state index contributed by atoms with van der Waals surface area (Å²) in [6.07, 6.45) is -0.674. The zero-order chi connectivity index (χ0) is 45.1. The van der Waals surface area contributed by atoms with E-state index in [1.165, 1.54) is 50.6 Å². The normalized spacial score (nSPS) is 11.6. The Morgan fingerprint density at radius 2 is 1.03 bits per heavy atom. The summed E-state index contributed by atoms with van der Waals surface area (Å²) in [5, 5.41) is 23.8. The summed E-state index contributed by atoms with van der Waals surface area (Å²) in [6, 6.07) is 24.6. The molecule has 0 aliphatic rings. The van der Waals surface area contributed by atoms with Gasteiger partial charge < -0.3 is 30.3 Å². The van der Waals surface area contributed by atoms with Gasteiger partial charge in [0.05, 0.1) is 39.1 Å². The number of carbonyl (C=O) groups excluding carboxylic acids is 2. The van der Waals surface area contributed by atoms with Gasteiger partial charge in [0.2, 0.25) is 0 Å². The molecule has 2 amide bonds. The Bertz CT molecular complexity index is 2460. The SMILES string of the molecule is COc1ccc(C(=O)N[C@@H](CC(=O)O)c2ccc(C)cc2)nc1-c1cc(F)ccc1F.COc1ccc(C(=O)N[C@@H](CC(=O)O)c2ccc(C)cc2)nc1-c1cccc(F)c1F. The average molecular weight is 853 g/mol. The van der Waals surface area contributed by atoms with Crippen molar-refractivity contribution < 1.29 is 56.4 Å². The largest absolute Gasteiger partial charge is 0.494 e. The van der Waals surface area contributed by atoms with Gasteiger partial charge in [0.15, 0.2) is 11.6 Å².